The lowest BCUT2D eigenvalue weighted by Crippen LogP contribution is -2.00. The van der Waals surface area contributed by atoms with E-state index in [-0.39, 0.29) is 10.9 Å². The number of anilines is 3. The van der Waals surface area contributed by atoms with E-state index in [1.165, 1.54) is 19.2 Å². The van der Waals surface area contributed by atoms with Gasteiger partial charge < -0.3 is 20.2 Å². The molecule has 0 fully saturated rings. The highest BCUT2D eigenvalue weighted by Crippen LogP contribution is 2.39. The molecule has 29 heavy (non-hydrogen) atoms. The second-order valence-corrected chi connectivity index (χ2v) is 6.61. The molecule has 4 aromatic rings. The van der Waals surface area contributed by atoms with E-state index in [9.17, 15) is 9.18 Å². The van der Waals surface area contributed by atoms with Crippen molar-refractivity contribution in [3.8, 4) is 11.3 Å². The summed E-state index contributed by atoms with van der Waals surface area (Å²) >= 11 is 5.85. The first-order valence-corrected chi connectivity index (χ1v) is 8.93. The number of benzene rings is 2. The molecule has 6 nitrogen and oxygen atoms in total. The lowest BCUT2D eigenvalue weighted by molar-refractivity contribution is 0.0601. The van der Waals surface area contributed by atoms with E-state index in [1.807, 2.05) is 0 Å². The van der Waals surface area contributed by atoms with Crippen LogP contribution in [0.2, 0.25) is 5.02 Å². The van der Waals surface area contributed by atoms with Crippen LogP contribution in [0.15, 0.2) is 59.1 Å². The van der Waals surface area contributed by atoms with Gasteiger partial charge in [-0.05, 0) is 36.4 Å². The Labute approximate surface area is 170 Å². The fourth-order valence-corrected chi connectivity index (χ4v) is 3.16. The molecule has 0 saturated carbocycles. The number of nitrogens with two attached hydrogens (primary N) is 1. The van der Waals surface area contributed by atoms with E-state index in [1.54, 1.807) is 42.6 Å². The number of nitrogens with zero attached hydrogens (tertiary/aromatic N) is 1. The largest absolute Gasteiger partial charge is 0.465 e. The second-order valence-electron chi connectivity index (χ2n) is 6.20. The summed E-state index contributed by atoms with van der Waals surface area (Å²) in [5.74, 6) is -0.778. The molecule has 2 aromatic carbocycles. The number of methoxy groups -OCH3 is 1. The van der Waals surface area contributed by atoms with Crippen molar-refractivity contribution in [2.24, 2.45) is 0 Å². The van der Waals surface area contributed by atoms with Gasteiger partial charge in [0.2, 0.25) is 5.88 Å². The molecule has 0 aliphatic heterocycles. The van der Waals surface area contributed by atoms with Crippen LogP contribution in [0.3, 0.4) is 0 Å². The Kier molecular flexibility index (Phi) is 4.82. The van der Waals surface area contributed by atoms with Crippen molar-refractivity contribution >= 4 is 45.8 Å². The minimum absolute atomic E-state index is 0.00516. The lowest BCUT2D eigenvalue weighted by atomic mass is 10.1. The van der Waals surface area contributed by atoms with Crippen LogP contribution in [0.1, 0.15) is 10.4 Å². The Morgan fingerprint density at radius 3 is 2.66 bits per heavy atom. The summed E-state index contributed by atoms with van der Waals surface area (Å²) < 4.78 is 23.9. The molecule has 3 N–H and O–H groups in total. The fraction of sp³-hybridized carbons (Fsp3) is 0.0476. The Morgan fingerprint density at radius 2 is 1.97 bits per heavy atom. The first-order valence-electron chi connectivity index (χ1n) is 8.55. The molecule has 8 heteroatoms. The molecule has 4 rings (SSSR count). The highest BCUT2D eigenvalue weighted by Gasteiger charge is 2.18. The van der Waals surface area contributed by atoms with Gasteiger partial charge >= 0.3 is 5.97 Å². The van der Waals surface area contributed by atoms with Crippen molar-refractivity contribution in [3.05, 3.63) is 71.1 Å². The summed E-state index contributed by atoms with van der Waals surface area (Å²) in [6.45, 7) is 0. The van der Waals surface area contributed by atoms with Crippen LogP contribution >= 0.6 is 11.6 Å². The number of ether oxygens (including phenoxy) is 1. The number of hydrogen-bond acceptors (Lipinski definition) is 6. The molecule has 0 atom stereocenters. The van der Waals surface area contributed by atoms with Gasteiger partial charge in [-0.25, -0.2) is 9.18 Å². The van der Waals surface area contributed by atoms with Crippen LogP contribution < -0.4 is 11.1 Å². The molecule has 0 bridgehead atoms. The number of nitrogen functional groups attached to an aromatic ring is 1. The maximum Gasteiger partial charge on any atom is 0.337 e. The van der Waals surface area contributed by atoms with Crippen molar-refractivity contribution in [1.82, 2.24) is 4.98 Å². The number of carbonyl (C=O) groups is 1. The van der Waals surface area contributed by atoms with Crippen molar-refractivity contribution in [3.63, 3.8) is 0 Å². The van der Waals surface area contributed by atoms with Gasteiger partial charge in [-0.15, -0.1) is 0 Å². The first-order chi connectivity index (χ1) is 14.0. The van der Waals surface area contributed by atoms with E-state index in [0.717, 1.165) is 5.56 Å². The van der Waals surface area contributed by atoms with Gasteiger partial charge in [0.1, 0.15) is 17.2 Å². The van der Waals surface area contributed by atoms with Crippen LogP contribution in [0.5, 0.6) is 0 Å². The van der Waals surface area contributed by atoms with Gasteiger partial charge in [-0.1, -0.05) is 23.7 Å². The van der Waals surface area contributed by atoms with E-state index in [4.69, 9.17) is 26.5 Å². The molecule has 146 valence electrons. The third-order valence-corrected chi connectivity index (χ3v) is 4.69. The molecule has 0 spiro atoms. The number of aromatic nitrogens is 1. The average Bonchev–Trinajstić information content (AvgIpc) is 3.05. The van der Waals surface area contributed by atoms with Crippen LogP contribution in [-0.4, -0.2) is 18.1 Å². The summed E-state index contributed by atoms with van der Waals surface area (Å²) in [5, 5.41) is 3.81. The van der Waals surface area contributed by atoms with Gasteiger partial charge in [-0.3, -0.25) is 4.98 Å². The number of halogens is 2. The van der Waals surface area contributed by atoms with Crippen LogP contribution in [0, 0.1) is 5.82 Å². The summed E-state index contributed by atoms with van der Waals surface area (Å²) in [7, 11) is 1.33. The lowest BCUT2D eigenvalue weighted by Gasteiger charge is -2.07. The summed E-state index contributed by atoms with van der Waals surface area (Å²) in [6.07, 6.45) is 1.63. The maximum atomic E-state index is 13.4. The van der Waals surface area contributed by atoms with Gasteiger partial charge in [0, 0.05) is 17.4 Å². The van der Waals surface area contributed by atoms with Crippen molar-refractivity contribution in [2.45, 2.75) is 0 Å². The predicted octanol–water partition coefficient (Wildman–Crippen LogP) is 5.40. The third kappa shape index (κ3) is 3.48. The van der Waals surface area contributed by atoms with Crippen molar-refractivity contribution in [2.75, 3.05) is 18.2 Å². The predicted molar refractivity (Wildman–Crippen MR) is 110 cm³/mol. The Morgan fingerprint density at radius 1 is 1.21 bits per heavy atom. The Hall–Kier alpha value is -3.58. The molecular weight excluding hydrogens is 397 g/mol. The Balaban J connectivity index is 1.75. The zero-order valence-corrected chi connectivity index (χ0v) is 16.0. The molecule has 2 heterocycles. The Bertz CT molecular complexity index is 1220. The van der Waals surface area contributed by atoms with Gasteiger partial charge in [0.05, 0.1) is 23.1 Å². The van der Waals surface area contributed by atoms with Gasteiger partial charge in [0.15, 0.2) is 5.58 Å². The number of esters is 1. The SMILES string of the molecule is COC(=O)c1ccc(-c2nccc3c(Nc4ccc(F)c(Cl)c4)c(N)oc23)cc1. The minimum Gasteiger partial charge on any atom is -0.465 e. The highest BCUT2D eigenvalue weighted by atomic mass is 35.5. The van der Waals surface area contributed by atoms with E-state index in [0.29, 0.717) is 33.6 Å². The molecule has 0 unspecified atom stereocenters. The molecule has 0 radical (unpaired) electrons. The monoisotopic (exact) mass is 411 g/mol. The number of rotatable bonds is 4. The fourth-order valence-electron chi connectivity index (χ4n) is 2.98. The second kappa shape index (κ2) is 7.44. The third-order valence-electron chi connectivity index (χ3n) is 4.40. The van der Waals surface area contributed by atoms with Crippen molar-refractivity contribution in [1.29, 1.82) is 0 Å². The standard InChI is InChI=1S/C21H15ClFN3O3/c1-28-21(27)12-4-2-11(3-5-12)17-19-14(8-9-25-17)18(20(24)29-19)26-13-6-7-16(23)15(22)10-13/h2-10,26H,24H2,1H3. The molecule has 0 aliphatic carbocycles. The zero-order chi connectivity index (χ0) is 20.5. The van der Waals surface area contributed by atoms with Gasteiger partial charge in [0.25, 0.3) is 0 Å². The van der Waals surface area contributed by atoms with E-state index >= 15 is 0 Å². The molecule has 0 amide bonds. The normalized spacial score (nSPS) is 10.9. The minimum atomic E-state index is -0.510. The van der Waals surface area contributed by atoms with Gasteiger partial charge in [-0.2, -0.15) is 0 Å². The number of pyridine rings is 1. The quantitative estimate of drug-likeness (QED) is 0.437. The molecule has 0 saturated heterocycles. The number of carbonyl (C=O) groups excluding carboxylic acids is 1. The highest BCUT2D eigenvalue weighted by molar-refractivity contribution is 6.31. The number of nitrogens with one attached hydrogen (secondary N) is 1. The van der Waals surface area contributed by atoms with Crippen LogP contribution in [-0.2, 0) is 4.74 Å². The molecular formula is C21H15ClFN3O3. The smallest absolute Gasteiger partial charge is 0.337 e. The maximum absolute atomic E-state index is 13.4. The summed E-state index contributed by atoms with van der Waals surface area (Å²) in [5.41, 5.74) is 9.38. The summed E-state index contributed by atoms with van der Waals surface area (Å²) in [4.78, 5) is 16.0. The summed E-state index contributed by atoms with van der Waals surface area (Å²) in [6, 6.07) is 12.8. The van der Waals surface area contributed by atoms with Crippen LogP contribution in [0.4, 0.5) is 21.6 Å². The topological polar surface area (TPSA) is 90.4 Å². The van der Waals surface area contributed by atoms with Crippen LogP contribution in [0.25, 0.3) is 22.2 Å². The van der Waals surface area contributed by atoms with E-state index < -0.39 is 11.8 Å². The number of furan rings is 1. The first kappa shape index (κ1) is 18.8. The number of fused-ring (bicyclic) bond motifs is 1. The molecule has 0 aliphatic rings. The van der Waals surface area contributed by atoms with Crippen molar-refractivity contribution < 1.29 is 18.3 Å². The van der Waals surface area contributed by atoms with E-state index in [2.05, 4.69) is 10.3 Å². The zero-order valence-electron chi connectivity index (χ0n) is 15.2. The average molecular weight is 412 g/mol. The number of hydrogen-bond donors (Lipinski definition) is 2. The molecule has 2 aromatic heterocycles.